The lowest BCUT2D eigenvalue weighted by atomic mass is 9.94. The largest absolute Gasteiger partial charge is 0.351 e. The van der Waals surface area contributed by atoms with Crippen molar-refractivity contribution >= 4 is 5.91 Å². The van der Waals surface area contributed by atoms with Crippen molar-refractivity contribution in [1.82, 2.24) is 5.32 Å². The van der Waals surface area contributed by atoms with E-state index in [4.69, 9.17) is 5.73 Å². The summed E-state index contributed by atoms with van der Waals surface area (Å²) in [4.78, 5) is 11.8. The van der Waals surface area contributed by atoms with Gasteiger partial charge in [-0.15, -0.1) is 0 Å². The van der Waals surface area contributed by atoms with Crippen molar-refractivity contribution in [2.24, 2.45) is 5.73 Å². The number of halogens is 1. The first-order chi connectivity index (χ1) is 8.33. The summed E-state index contributed by atoms with van der Waals surface area (Å²) >= 11 is 0. The lowest BCUT2D eigenvalue weighted by Crippen LogP contribution is -2.41. The highest BCUT2D eigenvalue weighted by Crippen LogP contribution is 2.21. The maximum absolute atomic E-state index is 13.6. The second-order valence-corrected chi connectivity index (χ2v) is 5.46. The highest BCUT2D eigenvalue weighted by molar-refractivity contribution is 5.77. The smallest absolute Gasteiger partial charge is 0.221 e. The van der Waals surface area contributed by atoms with Gasteiger partial charge in [0, 0.05) is 17.9 Å². The summed E-state index contributed by atoms with van der Waals surface area (Å²) in [6, 6.07) is 6.45. The molecule has 3 nitrogen and oxygen atoms in total. The van der Waals surface area contributed by atoms with Crippen LogP contribution in [0.25, 0.3) is 0 Å². The van der Waals surface area contributed by atoms with Crippen LogP contribution >= 0.6 is 0 Å². The van der Waals surface area contributed by atoms with Crippen LogP contribution in [0.2, 0.25) is 0 Å². The van der Waals surface area contributed by atoms with E-state index >= 15 is 0 Å². The highest BCUT2D eigenvalue weighted by atomic mass is 19.1. The Morgan fingerprint density at radius 2 is 2.00 bits per heavy atom. The number of nitrogens with one attached hydrogen (secondary N) is 1. The molecule has 1 atom stereocenters. The Morgan fingerprint density at radius 3 is 2.50 bits per heavy atom. The zero-order valence-electron chi connectivity index (χ0n) is 11.2. The van der Waals surface area contributed by atoms with Gasteiger partial charge in [0.05, 0.1) is 0 Å². The quantitative estimate of drug-likeness (QED) is 0.863. The van der Waals surface area contributed by atoms with Crippen molar-refractivity contribution in [3.63, 3.8) is 0 Å². The normalized spacial score (nSPS) is 13.2. The first-order valence-corrected chi connectivity index (χ1v) is 6.09. The van der Waals surface area contributed by atoms with Gasteiger partial charge in [-0.1, -0.05) is 18.2 Å². The van der Waals surface area contributed by atoms with Crippen LogP contribution in [0.4, 0.5) is 4.39 Å². The van der Waals surface area contributed by atoms with Gasteiger partial charge in [0.2, 0.25) is 5.91 Å². The third-order valence-electron chi connectivity index (χ3n) is 2.58. The number of carbonyl (C=O) groups is 1. The van der Waals surface area contributed by atoms with Crippen LogP contribution in [-0.2, 0) is 4.79 Å². The number of benzene rings is 1. The van der Waals surface area contributed by atoms with Gasteiger partial charge in [0.1, 0.15) is 5.82 Å². The number of amides is 1. The molecule has 0 aromatic heterocycles. The van der Waals surface area contributed by atoms with Crippen molar-refractivity contribution in [2.45, 2.75) is 38.6 Å². The summed E-state index contributed by atoms with van der Waals surface area (Å²) in [7, 11) is 0. The van der Waals surface area contributed by atoms with Crippen LogP contribution in [0, 0.1) is 5.82 Å². The van der Waals surface area contributed by atoms with Crippen molar-refractivity contribution in [1.29, 1.82) is 0 Å². The zero-order chi connectivity index (χ0) is 13.8. The first kappa shape index (κ1) is 14.6. The fourth-order valence-corrected chi connectivity index (χ4v) is 1.82. The van der Waals surface area contributed by atoms with Crippen LogP contribution in [0.3, 0.4) is 0 Å². The summed E-state index contributed by atoms with van der Waals surface area (Å²) in [5, 5.41) is 2.86. The Morgan fingerprint density at radius 1 is 1.39 bits per heavy atom. The molecule has 1 amide bonds. The lowest BCUT2D eigenvalue weighted by Gasteiger charge is -2.23. The van der Waals surface area contributed by atoms with Gasteiger partial charge in [0.25, 0.3) is 0 Å². The molecule has 1 rings (SSSR count). The van der Waals surface area contributed by atoms with Crippen molar-refractivity contribution < 1.29 is 9.18 Å². The Hall–Kier alpha value is -1.42. The van der Waals surface area contributed by atoms with Crippen LogP contribution in [-0.4, -0.2) is 18.0 Å². The Bertz CT molecular complexity index is 413. The van der Waals surface area contributed by atoms with Gasteiger partial charge in [-0.25, -0.2) is 4.39 Å². The van der Waals surface area contributed by atoms with Crippen molar-refractivity contribution in [2.75, 3.05) is 6.54 Å². The van der Waals surface area contributed by atoms with E-state index in [2.05, 4.69) is 5.32 Å². The van der Waals surface area contributed by atoms with Gasteiger partial charge in [-0.05, 0) is 38.9 Å². The fraction of sp³-hybridized carbons (Fsp3) is 0.500. The van der Waals surface area contributed by atoms with Crippen LogP contribution in [0.15, 0.2) is 24.3 Å². The fourth-order valence-electron chi connectivity index (χ4n) is 1.82. The van der Waals surface area contributed by atoms with E-state index in [1.54, 1.807) is 18.2 Å². The molecule has 1 aromatic rings. The van der Waals surface area contributed by atoms with Crippen molar-refractivity contribution in [3.05, 3.63) is 35.6 Å². The molecule has 0 heterocycles. The molecular weight excluding hydrogens is 231 g/mol. The van der Waals surface area contributed by atoms with E-state index in [0.29, 0.717) is 5.56 Å². The van der Waals surface area contributed by atoms with Crippen LogP contribution < -0.4 is 11.1 Å². The lowest BCUT2D eigenvalue weighted by molar-refractivity contribution is -0.122. The molecule has 1 aromatic carbocycles. The molecule has 100 valence electrons. The molecule has 0 aliphatic heterocycles. The molecule has 0 radical (unpaired) electrons. The highest BCUT2D eigenvalue weighted by Gasteiger charge is 2.20. The maximum atomic E-state index is 13.6. The standard InChI is InChI=1S/C14H21FN2O/c1-14(2,3)17-13(18)8-10(9-16)11-6-4-5-7-12(11)15/h4-7,10H,8-9,16H2,1-3H3,(H,17,18). The molecule has 1 unspecified atom stereocenters. The second kappa shape index (κ2) is 5.96. The summed E-state index contributed by atoms with van der Waals surface area (Å²) < 4.78 is 13.6. The van der Waals surface area contributed by atoms with E-state index in [1.807, 2.05) is 20.8 Å². The predicted molar refractivity (Wildman–Crippen MR) is 70.7 cm³/mol. The third-order valence-corrected chi connectivity index (χ3v) is 2.58. The van der Waals surface area contributed by atoms with Gasteiger partial charge in [0.15, 0.2) is 0 Å². The molecule has 0 aliphatic rings. The third kappa shape index (κ3) is 4.45. The van der Waals surface area contributed by atoms with Crippen molar-refractivity contribution in [3.8, 4) is 0 Å². The van der Waals surface area contributed by atoms with E-state index in [9.17, 15) is 9.18 Å². The number of nitrogens with two attached hydrogens (primary N) is 1. The van der Waals surface area contributed by atoms with Gasteiger partial charge in [-0.3, -0.25) is 4.79 Å². The van der Waals surface area contributed by atoms with E-state index < -0.39 is 0 Å². The molecule has 0 bridgehead atoms. The molecule has 0 spiro atoms. The Labute approximate surface area is 108 Å². The molecule has 0 fully saturated rings. The average molecular weight is 252 g/mol. The Kier molecular flexibility index (Phi) is 4.84. The van der Waals surface area contributed by atoms with Crippen LogP contribution in [0.1, 0.15) is 38.7 Å². The topological polar surface area (TPSA) is 55.1 Å². The van der Waals surface area contributed by atoms with Gasteiger partial charge < -0.3 is 11.1 Å². The Balaban J connectivity index is 2.74. The van der Waals surface area contributed by atoms with E-state index in [0.717, 1.165) is 0 Å². The average Bonchev–Trinajstić information content (AvgIpc) is 2.24. The molecule has 4 heteroatoms. The number of carbonyl (C=O) groups excluding carboxylic acids is 1. The minimum Gasteiger partial charge on any atom is -0.351 e. The summed E-state index contributed by atoms with van der Waals surface area (Å²) in [5.74, 6) is -0.703. The molecule has 18 heavy (non-hydrogen) atoms. The second-order valence-electron chi connectivity index (χ2n) is 5.46. The minimum atomic E-state index is -0.309. The molecular formula is C14H21FN2O. The number of hydrogen-bond donors (Lipinski definition) is 2. The number of hydrogen-bond acceptors (Lipinski definition) is 2. The van der Waals surface area contributed by atoms with E-state index in [1.165, 1.54) is 6.07 Å². The molecule has 0 saturated heterocycles. The predicted octanol–water partition coefficient (Wildman–Crippen LogP) is 2.17. The molecule has 0 aliphatic carbocycles. The first-order valence-electron chi connectivity index (χ1n) is 6.09. The summed E-state index contributed by atoms with van der Waals surface area (Å²) in [6.07, 6.45) is 0.203. The van der Waals surface area contributed by atoms with Crippen LogP contribution in [0.5, 0.6) is 0 Å². The summed E-state index contributed by atoms with van der Waals surface area (Å²) in [5.41, 5.74) is 5.86. The van der Waals surface area contributed by atoms with Gasteiger partial charge >= 0.3 is 0 Å². The monoisotopic (exact) mass is 252 g/mol. The van der Waals surface area contributed by atoms with Gasteiger partial charge in [-0.2, -0.15) is 0 Å². The number of rotatable bonds is 4. The van der Waals surface area contributed by atoms with E-state index in [-0.39, 0.29) is 36.1 Å². The SMILES string of the molecule is CC(C)(C)NC(=O)CC(CN)c1ccccc1F. The maximum Gasteiger partial charge on any atom is 0.221 e. The zero-order valence-corrected chi connectivity index (χ0v) is 11.2. The molecule has 0 saturated carbocycles. The minimum absolute atomic E-state index is 0.110. The summed E-state index contributed by atoms with van der Waals surface area (Å²) in [6.45, 7) is 5.97. The molecule has 3 N–H and O–H groups in total.